The minimum Gasteiger partial charge on any atom is -0.366 e. The van der Waals surface area contributed by atoms with E-state index < -0.39 is 0 Å². The second-order valence-electron chi connectivity index (χ2n) is 5.14. The summed E-state index contributed by atoms with van der Waals surface area (Å²) in [5, 5.41) is 0. The summed E-state index contributed by atoms with van der Waals surface area (Å²) in [4.78, 5) is 16.3. The van der Waals surface area contributed by atoms with Crippen molar-refractivity contribution in [2.24, 2.45) is 0 Å². The van der Waals surface area contributed by atoms with E-state index in [-0.39, 0.29) is 23.7 Å². The minimum absolute atomic E-state index is 0.0135. The van der Waals surface area contributed by atoms with Crippen LogP contribution < -0.4 is 5.48 Å². The maximum Gasteiger partial charge on any atom is 0.269 e. The molecule has 0 radical (unpaired) electrons. The van der Waals surface area contributed by atoms with Crippen molar-refractivity contribution in [3.8, 4) is 0 Å². The number of hydrogen-bond acceptors (Lipinski definition) is 3. The first-order valence-corrected chi connectivity index (χ1v) is 4.71. The number of carbonyl (C=O) groups is 1. The zero-order valence-corrected chi connectivity index (χ0v) is 9.93. The highest BCUT2D eigenvalue weighted by molar-refractivity contribution is 5.76. The molecule has 0 fully saturated rings. The maximum atomic E-state index is 11.2. The first-order chi connectivity index (χ1) is 6.10. The van der Waals surface area contributed by atoms with Gasteiger partial charge in [0.2, 0.25) is 0 Å². The Kier molecular flexibility index (Phi) is 4.55. The third kappa shape index (κ3) is 9.48. The van der Waals surface area contributed by atoms with Gasteiger partial charge in [0.05, 0.1) is 11.2 Å². The first-order valence-electron chi connectivity index (χ1n) is 4.71. The third-order valence-electron chi connectivity index (χ3n) is 1.11. The fourth-order valence-corrected chi connectivity index (χ4v) is 0.522. The summed E-state index contributed by atoms with van der Waals surface area (Å²) in [7, 11) is 0. The topological polar surface area (TPSA) is 47.6 Å². The van der Waals surface area contributed by atoms with Crippen LogP contribution in [0.4, 0.5) is 0 Å². The predicted molar refractivity (Wildman–Crippen MR) is 54.7 cm³/mol. The molecule has 4 heteroatoms. The maximum absolute atomic E-state index is 11.2. The monoisotopic (exact) mass is 203 g/mol. The molecule has 4 nitrogen and oxygen atoms in total. The lowest BCUT2D eigenvalue weighted by Crippen LogP contribution is -2.37. The van der Waals surface area contributed by atoms with Crippen LogP contribution in [0.5, 0.6) is 0 Å². The van der Waals surface area contributed by atoms with E-state index in [1.165, 1.54) is 0 Å². The minimum atomic E-state index is -0.378. The van der Waals surface area contributed by atoms with E-state index >= 15 is 0 Å². The summed E-state index contributed by atoms with van der Waals surface area (Å²) in [5.41, 5.74) is 1.65. The number of hydroxylamine groups is 1. The van der Waals surface area contributed by atoms with Gasteiger partial charge in [-0.3, -0.25) is 9.63 Å². The zero-order chi connectivity index (χ0) is 11.4. The zero-order valence-electron chi connectivity index (χ0n) is 9.93. The molecule has 0 unspecified atom stereocenters. The molecule has 0 aliphatic heterocycles. The van der Waals surface area contributed by atoms with Crippen molar-refractivity contribution in [1.82, 2.24) is 5.48 Å². The third-order valence-corrected chi connectivity index (χ3v) is 1.11. The lowest BCUT2D eigenvalue weighted by atomic mass is 10.2. The van der Waals surface area contributed by atoms with Gasteiger partial charge in [-0.2, -0.15) is 0 Å². The van der Waals surface area contributed by atoms with Crippen LogP contribution in [-0.2, 0) is 14.4 Å². The van der Waals surface area contributed by atoms with Crippen molar-refractivity contribution in [2.75, 3.05) is 6.61 Å². The van der Waals surface area contributed by atoms with Crippen molar-refractivity contribution >= 4 is 5.91 Å². The van der Waals surface area contributed by atoms with Gasteiger partial charge >= 0.3 is 0 Å². The van der Waals surface area contributed by atoms with Crippen LogP contribution >= 0.6 is 0 Å². The van der Waals surface area contributed by atoms with Gasteiger partial charge in [0.1, 0.15) is 6.61 Å². The van der Waals surface area contributed by atoms with Gasteiger partial charge in [-0.05, 0) is 41.5 Å². The van der Waals surface area contributed by atoms with Crippen molar-refractivity contribution in [1.29, 1.82) is 0 Å². The second-order valence-corrected chi connectivity index (χ2v) is 5.14. The van der Waals surface area contributed by atoms with Crippen LogP contribution in [-0.4, -0.2) is 23.7 Å². The normalized spacial score (nSPS) is 12.7. The van der Waals surface area contributed by atoms with Crippen LogP contribution in [0, 0.1) is 0 Å². The molecular weight excluding hydrogens is 182 g/mol. The molecule has 0 aromatic rings. The standard InChI is InChI=1S/C10H21NO3/c1-9(2,3)13-7-8(12)11-14-10(4,5)6/h7H2,1-6H3,(H,11,12). The molecule has 1 N–H and O–H groups in total. The Hall–Kier alpha value is -0.610. The largest absolute Gasteiger partial charge is 0.366 e. The Morgan fingerprint density at radius 2 is 1.57 bits per heavy atom. The van der Waals surface area contributed by atoms with Gasteiger partial charge in [-0.15, -0.1) is 0 Å². The van der Waals surface area contributed by atoms with Gasteiger partial charge in [0.25, 0.3) is 5.91 Å². The summed E-state index contributed by atoms with van der Waals surface area (Å²) < 4.78 is 5.26. The van der Waals surface area contributed by atoms with E-state index in [1.54, 1.807) is 0 Å². The highest BCUT2D eigenvalue weighted by atomic mass is 16.7. The van der Waals surface area contributed by atoms with E-state index in [9.17, 15) is 4.79 Å². The molecule has 1 amide bonds. The van der Waals surface area contributed by atoms with Crippen LogP contribution in [0.3, 0.4) is 0 Å². The summed E-state index contributed by atoms with van der Waals surface area (Å²) in [6.45, 7) is 11.3. The van der Waals surface area contributed by atoms with Crippen molar-refractivity contribution in [2.45, 2.75) is 52.7 Å². The highest BCUT2D eigenvalue weighted by Crippen LogP contribution is 2.06. The number of nitrogens with one attached hydrogen (secondary N) is 1. The lowest BCUT2D eigenvalue weighted by Gasteiger charge is -2.21. The summed E-state index contributed by atoms with van der Waals surface area (Å²) in [6.07, 6.45) is 0. The molecule has 0 aromatic carbocycles. The summed E-state index contributed by atoms with van der Waals surface area (Å²) in [6, 6.07) is 0. The molecule has 0 aromatic heterocycles. The molecule has 0 heterocycles. The molecule has 14 heavy (non-hydrogen) atoms. The summed E-state index contributed by atoms with van der Waals surface area (Å²) >= 11 is 0. The average molecular weight is 203 g/mol. The van der Waals surface area contributed by atoms with Crippen LogP contribution in [0.25, 0.3) is 0 Å². The molecule has 0 aliphatic carbocycles. The van der Waals surface area contributed by atoms with Crippen LogP contribution in [0.1, 0.15) is 41.5 Å². The second kappa shape index (κ2) is 4.75. The van der Waals surface area contributed by atoms with E-state index in [4.69, 9.17) is 9.57 Å². The number of amides is 1. The van der Waals surface area contributed by atoms with Crippen molar-refractivity contribution in [3.63, 3.8) is 0 Å². The van der Waals surface area contributed by atoms with Gasteiger partial charge in [0.15, 0.2) is 0 Å². The number of rotatable bonds is 3. The number of hydrogen-bond donors (Lipinski definition) is 1. The number of ether oxygens (including phenoxy) is 1. The Labute approximate surface area is 85.9 Å². The average Bonchev–Trinajstić information content (AvgIpc) is 1.94. The molecule has 0 rings (SSSR count). The fourth-order valence-electron chi connectivity index (χ4n) is 0.522. The van der Waals surface area contributed by atoms with E-state index in [2.05, 4.69) is 5.48 Å². The first kappa shape index (κ1) is 13.4. The molecule has 0 saturated heterocycles. The van der Waals surface area contributed by atoms with Crippen molar-refractivity contribution < 1.29 is 14.4 Å². The van der Waals surface area contributed by atoms with Gasteiger partial charge in [0, 0.05) is 0 Å². The number of carbonyl (C=O) groups excluding carboxylic acids is 1. The van der Waals surface area contributed by atoms with Gasteiger partial charge < -0.3 is 4.74 Å². The lowest BCUT2D eigenvalue weighted by molar-refractivity contribution is -0.154. The predicted octanol–water partition coefficient (Wildman–Crippen LogP) is 1.65. The molecule has 0 atom stereocenters. The summed E-state index contributed by atoms with van der Waals surface area (Å²) in [5.74, 6) is -0.269. The quantitative estimate of drug-likeness (QED) is 0.709. The molecule has 0 saturated carbocycles. The molecule has 84 valence electrons. The Morgan fingerprint density at radius 3 is 1.93 bits per heavy atom. The van der Waals surface area contributed by atoms with E-state index in [1.807, 2.05) is 41.5 Å². The highest BCUT2D eigenvalue weighted by Gasteiger charge is 2.15. The molecule has 0 aliphatic rings. The Bertz CT molecular complexity index is 169. The SMILES string of the molecule is CC(C)(C)OCC(=O)NOC(C)(C)C. The van der Waals surface area contributed by atoms with Gasteiger partial charge in [-0.25, -0.2) is 5.48 Å². The van der Waals surface area contributed by atoms with Crippen molar-refractivity contribution in [3.05, 3.63) is 0 Å². The van der Waals surface area contributed by atoms with Crippen LogP contribution in [0.15, 0.2) is 0 Å². The molecule has 0 spiro atoms. The van der Waals surface area contributed by atoms with E-state index in [0.29, 0.717) is 0 Å². The molecular formula is C10H21NO3. The smallest absolute Gasteiger partial charge is 0.269 e. The fraction of sp³-hybridized carbons (Fsp3) is 0.900. The van der Waals surface area contributed by atoms with E-state index in [0.717, 1.165) is 0 Å². The van der Waals surface area contributed by atoms with Gasteiger partial charge in [-0.1, -0.05) is 0 Å². The Balaban J connectivity index is 3.68. The van der Waals surface area contributed by atoms with Crippen LogP contribution in [0.2, 0.25) is 0 Å². The Morgan fingerprint density at radius 1 is 1.07 bits per heavy atom. The molecule has 0 bridgehead atoms.